The molecule has 5 rings (SSSR count). The number of allylic oxidation sites excluding steroid dienone is 2. The van der Waals surface area contributed by atoms with Crippen molar-refractivity contribution in [2.45, 2.75) is 82.7 Å². The molecule has 0 bridgehead atoms. The number of hydrogen-bond donors (Lipinski definition) is 1. The number of piperidine rings is 1. The fraction of sp³-hybridized carbons (Fsp3) is 0.500. The summed E-state index contributed by atoms with van der Waals surface area (Å²) in [6.45, 7) is 2.90. The number of nitrogens with one attached hydrogen (secondary N) is 1. The van der Waals surface area contributed by atoms with Gasteiger partial charge in [-0.3, -0.25) is 4.79 Å². The Morgan fingerprint density at radius 1 is 0.913 bits per heavy atom. The van der Waals surface area contributed by atoms with Crippen LogP contribution in [0.1, 0.15) is 80.0 Å². The normalized spacial score (nSPS) is 23.2. The number of nitrogens with zero attached hydrogens (tertiary/aromatic N) is 3. The maximum atomic E-state index is 13.2. The van der Waals surface area contributed by atoms with Crippen LogP contribution in [0.5, 0.6) is 0 Å². The summed E-state index contributed by atoms with van der Waals surface area (Å²) < 4.78 is 92.0. The molecule has 3 aliphatic rings. The number of rotatable bonds is 5. The quantitative estimate of drug-likeness (QED) is 0.261. The first-order valence-corrected chi connectivity index (χ1v) is 15.1. The molecule has 1 saturated heterocycles. The van der Waals surface area contributed by atoms with E-state index in [2.05, 4.69) is 34.5 Å². The lowest BCUT2D eigenvalue weighted by molar-refractivity contribution is -0.143. The summed E-state index contributed by atoms with van der Waals surface area (Å²) in [6.07, 6.45) is -1.24. The first-order valence-electron chi connectivity index (χ1n) is 15.1. The first kappa shape index (κ1) is 35.0. The molecule has 1 heterocycles. The van der Waals surface area contributed by atoms with E-state index in [1.807, 2.05) is 6.92 Å². The van der Waals surface area contributed by atoms with Gasteiger partial charge in [-0.2, -0.15) is 36.9 Å². The molecule has 2 aliphatic carbocycles. The summed E-state index contributed by atoms with van der Waals surface area (Å²) in [5.74, 6) is -0.710. The van der Waals surface area contributed by atoms with Crippen LogP contribution < -0.4 is 5.32 Å². The Morgan fingerprint density at radius 2 is 1.48 bits per heavy atom. The number of carbonyl (C=O) groups excluding carboxylic acids is 1. The first-order chi connectivity index (χ1) is 21.6. The zero-order valence-corrected chi connectivity index (χ0v) is 25.3. The fourth-order valence-electron chi connectivity index (χ4n) is 6.36. The standard InChI is InChI=1S/C27H26F7N3O.C7H9N/c28-22-3-1-18(2-4-22)19-6-9-37(10-7-19)23-5-8-25(14-23,16-35)24(38)36-15-17-11-20(26(29,30)31)13-21(12-17)27(32,33)34;1-7(6-8)4-2-3-5-7/h1-4,11-13,19,23H,5-10,14-15H2,(H,36,38);2-3H,4-5H2,1H3. The van der Waals surface area contributed by atoms with Gasteiger partial charge in [0, 0.05) is 12.6 Å². The number of likely N-dealkylation sites (tertiary alicyclic amines) is 1. The number of amides is 1. The van der Waals surface area contributed by atoms with Crippen molar-refractivity contribution in [3.63, 3.8) is 0 Å². The van der Waals surface area contributed by atoms with E-state index in [4.69, 9.17) is 5.26 Å². The maximum absolute atomic E-state index is 13.2. The molecule has 246 valence electrons. The number of benzene rings is 2. The van der Waals surface area contributed by atoms with Gasteiger partial charge in [0.2, 0.25) is 5.91 Å². The molecule has 2 atom stereocenters. The van der Waals surface area contributed by atoms with Crippen LogP contribution in [0.2, 0.25) is 0 Å². The highest BCUT2D eigenvalue weighted by molar-refractivity contribution is 5.85. The van der Waals surface area contributed by atoms with Crippen LogP contribution in [0.4, 0.5) is 30.7 Å². The molecule has 0 spiro atoms. The van der Waals surface area contributed by atoms with Crippen molar-refractivity contribution >= 4 is 5.91 Å². The van der Waals surface area contributed by atoms with E-state index in [0.29, 0.717) is 18.6 Å². The summed E-state index contributed by atoms with van der Waals surface area (Å²) in [6, 6.07) is 11.9. The van der Waals surface area contributed by atoms with Crippen LogP contribution in [0.15, 0.2) is 54.6 Å². The van der Waals surface area contributed by atoms with Gasteiger partial charge >= 0.3 is 12.4 Å². The van der Waals surface area contributed by atoms with Crippen molar-refractivity contribution in [3.05, 3.63) is 82.7 Å². The highest BCUT2D eigenvalue weighted by Gasteiger charge is 2.48. The van der Waals surface area contributed by atoms with Gasteiger partial charge in [-0.05, 0) is 112 Å². The third kappa shape index (κ3) is 8.47. The summed E-state index contributed by atoms with van der Waals surface area (Å²) in [5.41, 5.74) is -3.70. The maximum Gasteiger partial charge on any atom is 0.416 e. The third-order valence-corrected chi connectivity index (χ3v) is 9.20. The van der Waals surface area contributed by atoms with Crippen molar-refractivity contribution in [1.82, 2.24) is 10.2 Å². The SMILES string of the molecule is CC1(C#N)CC=CC1.N#CC1(C(=O)NCc2cc(C(F)(F)F)cc(C(F)(F)F)c2)CCC(N2CCC(c3ccc(F)cc3)CC2)C1. The van der Waals surface area contributed by atoms with E-state index in [0.717, 1.165) is 44.3 Å². The highest BCUT2D eigenvalue weighted by atomic mass is 19.4. The Kier molecular flexibility index (Phi) is 10.5. The van der Waals surface area contributed by atoms with Crippen LogP contribution in [0, 0.1) is 39.3 Å². The van der Waals surface area contributed by atoms with Gasteiger partial charge in [-0.15, -0.1) is 0 Å². The number of hydrogen-bond acceptors (Lipinski definition) is 4. The number of nitriles is 2. The van der Waals surface area contributed by atoms with Crippen molar-refractivity contribution in [1.29, 1.82) is 10.5 Å². The smallest absolute Gasteiger partial charge is 0.351 e. The molecule has 1 amide bonds. The molecule has 2 aromatic rings. The van der Waals surface area contributed by atoms with Crippen LogP contribution in [0.3, 0.4) is 0 Å². The van der Waals surface area contributed by atoms with E-state index in [1.54, 1.807) is 12.1 Å². The number of alkyl halides is 6. The predicted molar refractivity (Wildman–Crippen MR) is 156 cm³/mol. The Labute approximate surface area is 263 Å². The fourth-order valence-corrected chi connectivity index (χ4v) is 6.36. The molecule has 1 N–H and O–H groups in total. The molecule has 46 heavy (non-hydrogen) atoms. The zero-order chi connectivity index (χ0) is 33.8. The number of carbonyl (C=O) groups is 1. The van der Waals surface area contributed by atoms with Crippen molar-refractivity contribution < 1.29 is 35.5 Å². The Balaban J connectivity index is 0.000000523. The van der Waals surface area contributed by atoms with Crippen LogP contribution in [-0.2, 0) is 23.7 Å². The molecule has 12 heteroatoms. The van der Waals surface area contributed by atoms with Crippen LogP contribution in [-0.4, -0.2) is 29.9 Å². The average Bonchev–Trinajstić information content (AvgIpc) is 3.68. The lowest BCUT2D eigenvalue weighted by Crippen LogP contribution is -2.43. The lowest BCUT2D eigenvalue weighted by atomic mass is 9.85. The zero-order valence-electron chi connectivity index (χ0n) is 25.3. The minimum atomic E-state index is -4.99. The van der Waals surface area contributed by atoms with Gasteiger partial charge in [0.1, 0.15) is 11.2 Å². The van der Waals surface area contributed by atoms with E-state index < -0.39 is 41.3 Å². The number of halogens is 7. The Hall–Kier alpha value is -3.90. The van der Waals surface area contributed by atoms with Crippen LogP contribution in [0.25, 0.3) is 0 Å². The topological polar surface area (TPSA) is 79.9 Å². The Morgan fingerprint density at radius 3 is 1.96 bits per heavy atom. The monoisotopic (exact) mass is 648 g/mol. The molecule has 2 aromatic carbocycles. The third-order valence-electron chi connectivity index (χ3n) is 9.20. The molecule has 0 radical (unpaired) electrons. The summed E-state index contributed by atoms with van der Waals surface area (Å²) >= 11 is 0. The molecule has 1 aliphatic heterocycles. The minimum absolute atomic E-state index is 0.0307. The Bertz CT molecular complexity index is 1460. The molecule has 1 saturated carbocycles. The summed E-state index contributed by atoms with van der Waals surface area (Å²) in [7, 11) is 0. The highest BCUT2D eigenvalue weighted by Crippen LogP contribution is 2.42. The van der Waals surface area contributed by atoms with Gasteiger partial charge in [0.05, 0.1) is 28.7 Å². The average molecular weight is 649 g/mol. The van der Waals surface area contributed by atoms with E-state index >= 15 is 0 Å². The van der Waals surface area contributed by atoms with Gasteiger partial charge in [0.15, 0.2) is 0 Å². The lowest BCUT2D eigenvalue weighted by Gasteiger charge is -2.36. The van der Waals surface area contributed by atoms with Crippen molar-refractivity contribution in [2.24, 2.45) is 10.8 Å². The molecule has 2 unspecified atom stereocenters. The van der Waals surface area contributed by atoms with Gasteiger partial charge in [-0.25, -0.2) is 4.39 Å². The van der Waals surface area contributed by atoms with E-state index in [-0.39, 0.29) is 47.7 Å². The summed E-state index contributed by atoms with van der Waals surface area (Å²) in [5, 5.41) is 20.8. The molecular weight excluding hydrogens is 613 g/mol. The van der Waals surface area contributed by atoms with Gasteiger partial charge in [0.25, 0.3) is 0 Å². The van der Waals surface area contributed by atoms with E-state index in [1.165, 1.54) is 12.1 Å². The predicted octanol–water partition coefficient (Wildman–Crippen LogP) is 8.29. The molecule has 2 fully saturated rings. The van der Waals surface area contributed by atoms with Gasteiger partial charge < -0.3 is 10.2 Å². The molecule has 5 nitrogen and oxygen atoms in total. The largest absolute Gasteiger partial charge is 0.416 e. The van der Waals surface area contributed by atoms with E-state index in [9.17, 15) is 40.8 Å². The minimum Gasteiger partial charge on any atom is -0.351 e. The second-order valence-corrected chi connectivity index (χ2v) is 12.6. The van der Waals surface area contributed by atoms with Crippen LogP contribution >= 0.6 is 0 Å². The molecule has 0 aromatic heterocycles. The van der Waals surface area contributed by atoms with Crippen molar-refractivity contribution in [3.8, 4) is 12.1 Å². The van der Waals surface area contributed by atoms with Gasteiger partial charge in [-0.1, -0.05) is 24.3 Å². The summed E-state index contributed by atoms with van der Waals surface area (Å²) in [4.78, 5) is 15.2. The molecular formula is C34H35F7N4O. The van der Waals surface area contributed by atoms with Crippen molar-refractivity contribution in [2.75, 3.05) is 13.1 Å². The second-order valence-electron chi connectivity index (χ2n) is 12.6. The second kappa shape index (κ2) is 13.8.